The van der Waals surface area contributed by atoms with Crippen molar-refractivity contribution in [2.24, 2.45) is 27.9 Å². The number of aliphatic imine (C=N–C) groups is 1. The monoisotopic (exact) mass is 416 g/mol. The van der Waals surface area contributed by atoms with E-state index >= 15 is 0 Å². The smallest absolute Gasteiger partial charge is 0.322 e. The van der Waals surface area contributed by atoms with Crippen LogP contribution in [0.25, 0.3) is 0 Å². The third kappa shape index (κ3) is 13.4. The van der Waals surface area contributed by atoms with Gasteiger partial charge < -0.3 is 44.0 Å². The number of nitrogens with zero attached hydrogens (tertiary/aromatic N) is 1. The van der Waals surface area contributed by atoms with Crippen molar-refractivity contribution in [1.82, 2.24) is 16.0 Å². The first-order valence-electron chi connectivity index (χ1n) is 8.68. The van der Waals surface area contributed by atoms with Crippen LogP contribution in [-0.4, -0.2) is 72.4 Å². The summed E-state index contributed by atoms with van der Waals surface area (Å²) < 4.78 is 0. The fourth-order valence-corrected chi connectivity index (χ4v) is 2.04. The molecular weight excluding hydrogens is 388 g/mol. The lowest BCUT2D eigenvalue weighted by molar-refractivity contribution is -0.138. The zero-order chi connectivity index (χ0) is 22.4. The fourth-order valence-electron chi connectivity index (χ4n) is 2.04. The van der Waals surface area contributed by atoms with Gasteiger partial charge >= 0.3 is 5.97 Å². The summed E-state index contributed by atoms with van der Waals surface area (Å²) in [5, 5.41) is 15.3. The zero-order valence-corrected chi connectivity index (χ0v) is 15.8. The normalized spacial score (nSPS) is 12.2. The van der Waals surface area contributed by atoms with E-state index in [2.05, 4.69) is 20.9 Å². The highest BCUT2D eigenvalue weighted by Crippen LogP contribution is 1.98. The average molecular weight is 416 g/mol. The van der Waals surface area contributed by atoms with Gasteiger partial charge in [-0.15, -0.1) is 0 Å². The van der Waals surface area contributed by atoms with Crippen LogP contribution in [0.2, 0.25) is 0 Å². The Morgan fingerprint density at radius 2 is 1.55 bits per heavy atom. The van der Waals surface area contributed by atoms with Crippen molar-refractivity contribution < 1.29 is 29.1 Å². The molecular formula is C15H28N8O6. The number of rotatable bonds is 14. The first-order valence-corrected chi connectivity index (χ1v) is 8.68. The Labute approximate surface area is 166 Å². The summed E-state index contributed by atoms with van der Waals surface area (Å²) in [5.74, 6) is -4.17. The lowest BCUT2D eigenvalue weighted by atomic mass is 10.1. The highest BCUT2D eigenvalue weighted by molar-refractivity contribution is 5.92. The van der Waals surface area contributed by atoms with E-state index in [-0.39, 0.29) is 25.2 Å². The molecule has 0 aliphatic rings. The van der Waals surface area contributed by atoms with Crippen LogP contribution in [0.5, 0.6) is 0 Å². The van der Waals surface area contributed by atoms with Gasteiger partial charge in [-0.2, -0.15) is 0 Å². The van der Waals surface area contributed by atoms with Crippen LogP contribution >= 0.6 is 0 Å². The SMILES string of the molecule is NC(=O)CCC(NC(=O)CNC(=O)C(N)CCCN=C(N)N)C(=O)NCC(=O)O. The maximum atomic E-state index is 12.0. The minimum absolute atomic E-state index is 0.0713. The third-order valence-electron chi connectivity index (χ3n) is 3.47. The first kappa shape index (κ1) is 25.6. The molecule has 2 unspecified atom stereocenters. The maximum absolute atomic E-state index is 12.0. The van der Waals surface area contributed by atoms with E-state index in [4.69, 9.17) is 28.0 Å². The summed E-state index contributed by atoms with van der Waals surface area (Å²) in [6.45, 7) is -0.830. The fraction of sp³-hybridized carbons (Fsp3) is 0.600. The molecule has 4 amide bonds. The Balaban J connectivity index is 4.51. The maximum Gasteiger partial charge on any atom is 0.322 e. The van der Waals surface area contributed by atoms with Gasteiger partial charge in [-0.1, -0.05) is 0 Å². The number of primary amides is 1. The van der Waals surface area contributed by atoms with Gasteiger partial charge in [0.15, 0.2) is 5.96 Å². The molecule has 0 aromatic heterocycles. The lowest BCUT2D eigenvalue weighted by Gasteiger charge is -2.18. The van der Waals surface area contributed by atoms with E-state index in [0.717, 1.165) is 0 Å². The molecule has 0 bridgehead atoms. The summed E-state index contributed by atoms with van der Waals surface area (Å²) in [4.78, 5) is 61.0. The molecule has 164 valence electrons. The average Bonchev–Trinajstić information content (AvgIpc) is 2.63. The molecule has 14 nitrogen and oxygen atoms in total. The van der Waals surface area contributed by atoms with Crippen molar-refractivity contribution >= 4 is 35.6 Å². The van der Waals surface area contributed by atoms with Gasteiger partial charge in [-0.05, 0) is 19.3 Å². The quantitative estimate of drug-likeness (QED) is 0.0768. The number of amides is 4. The Morgan fingerprint density at radius 1 is 0.931 bits per heavy atom. The largest absolute Gasteiger partial charge is 0.480 e. The van der Waals surface area contributed by atoms with E-state index in [1.807, 2.05) is 0 Å². The number of carboxylic acids is 1. The standard InChI is InChI=1S/C15H28N8O6/c16-8(2-1-5-20-15(18)19)13(28)21-6-11(25)23-9(3-4-10(17)24)14(29)22-7-12(26)27/h8-9H,1-7,16H2,(H2,17,24)(H,21,28)(H,22,29)(H,23,25)(H,26,27)(H4,18,19,20). The minimum Gasteiger partial charge on any atom is -0.480 e. The molecule has 2 atom stereocenters. The highest BCUT2D eigenvalue weighted by Gasteiger charge is 2.22. The van der Waals surface area contributed by atoms with E-state index in [1.54, 1.807) is 0 Å². The van der Waals surface area contributed by atoms with Gasteiger partial charge in [-0.3, -0.25) is 29.0 Å². The molecule has 0 saturated carbocycles. The molecule has 0 aliphatic carbocycles. The molecule has 0 spiro atoms. The number of carboxylic acid groups (broad SMARTS) is 1. The first-order chi connectivity index (χ1) is 13.5. The molecule has 0 aromatic rings. The number of nitrogens with one attached hydrogen (secondary N) is 3. The van der Waals surface area contributed by atoms with Crippen molar-refractivity contribution in [2.75, 3.05) is 19.6 Å². The van der Waals surface area contributed by atoms with Gasteiger partial charge in [-0.25, -0.2) is 0 Å². The van der Waals surface area contributed by atoms with Crippen molar-refractivity contribution in [3.05, 3.63) is 0 Å². The molecule has 0 aromatic carbocycles. The summed E-state index contributed by atoms with van der Waals surface area (Å²) >= 11 is 0. The van der Waals surface area contributed by atoms with Gasteiger partial charge in [0.2, 0.25) is 23.6 Å². The van der Waals surface area contributed by atoms with Crippen molar-refractivity contribution in [3.8, 4) is 0 Å². The number of carbonyl (C=O) groups is 5. The number of guanidine groups is 1. The molecule has 14 heteroatoms. The third-order valence-corrected chi connectivity index (χ3v) is 3.47. The minimum atomic E-state index is -1.28. The Hall–Kier alpha value is -3.42. The van der Waals surface area contributed by atoms with Crippen LogP contribution < -0.4 is 38.9 Å². The molecule has 0 aliphatic heterocycles. The van der Waals surface area contributed by atoms with Crippen LogP contribution in [0.15, 0.2) is 4.99 Å². The molecule has 0 heterocycles. The number of nitrogens with two attached hydrogens (primary N) is 4. The second kappa shape index (κ2) is 13.7. The second-order valence-electron chi connectivity index (χ2n) is 6.01. The van der Waals surface area contributed by atoms with Gasteiger partial charge in [0.1, 0.15) is 12.6 Å². The highest BCUT2D eigenvalue weighted by atomic mass is 16.4. The predicted molar refractivity (Wildman–Crippen MR) is 102 cm³/mol. The van der Waals surface area contributed by atoms with Crippen LogP contribution in [0.1, 0.15) is 25.7 Å². The van der Waals surface area contributed by atoms with E-state index in [0.29, 0.717) is 13.0 Å². The zero-order valence-electron chi connectivity index (χ0n) is 15.8. The molecule has 0 rings (SSSR count). The van der Waals surface area contributed by atoms with Gasteiger partial charge in [0.25, 0.3) is 0 Å². The van der Waals surface area contributed by atoms with Crippen LogP contribution in [-0.2, 0) is 24.0 Å². The Bertz CT molecular complexity index is 634. The van der Waals surface area contributed by atoms with Crippen LogP contribution in [0, 0.1) is 0 Å². The molecule has 0 radical (unpaired) electrons. The van der Waals surface area contributed by atoms with Crippen LogP contribution in [0.4, 0.5) is 0 Å². The summed E-state index contributed by atoms with van der Waals surface area (Å²) in [6, 6.07) is -2.08. The number of hydrogen-bond acceptors (Lipinski definition) is 7. The summed E-state index contributed by atoms with van der Waals surface area (Å²) in [5.41, 5.74) is 21.1. The van der Waals surface area contributed by atoms with E-state index in [9.17, 15) is 24.0 Å². The van der Waals surface area contributed by atoms with Crippen molar-refractivity contribution in [2.45, 2.75) is 37.8 Å². The Morgan fingerprint density at radius 3 is 2.10 bits per heavy atom. The predicted octanol–water partition coefficient (Wildman–Crippen LogP) is -4.57. The topological polar surface area (TPSA) is 258 Å². The van der Waals surface area contributed by atoms with Crippen molar-refractivity contribution in [3.63, 3.8) is 0 Å². The van der Waals surface area contributed by atoms with Crippen LogP contribution in [0.3, 0.4) is 0 Å². The number of hydrogen-bond donors (Lipinski definition) is 8. The summed E-state index contributed by atoms with van der Waals surface area (Å²) in [6.07, 6.45) is 0.393. The van der Waals surface area contributed by atoms with Crippen molar-refractivity contribution in [1.29, 1.82) is 0 Å². The summed E-state index contributed by atoms with van der Waals surface area (Å²) in [7, 11) is 0. The molecule has 12 N–H and O–H groups in total. The van der Waals surface area contributed by atoms with E-state index < -0.39 is 54.8 Å². The second-order valence-corrected chi connectivity index (χ2v) is 6.01. The lowest BCUT2D eigenvalue weighted by Crippen LogP contribution is -2.51. The van der Waals surface area contributed by atoms with E-state index in [1.165, 1.54) is 0 Å². The number of aliphatic carboxylic acids is 1. The van der Waals surface area contributed by atoms with Gasteiger partial charge in [0.05, 0.1) is 12.6 Å². The molecule has 0 fully saturated rings. The van der Waals surface area contributed by atoms with Gasteiger partial charge in [0, 0.05) is 13.0 Å². The Kier molecular flexibility index (Phi) is 12.1. The molecule has 29 heavy (non-hydrogen) atoms. The molecule has 0 saturated heterocycles. The number of carbonyl (C=O) groups excluding carboxylic acids is 4.